The van der Waals surface area contributed by atoms with Crippen LogP contribution in [0.2, 0.25) is 0 Å². The maximum Gasteiger partial charge on any atom is 0.222 e. The second kappa shape index (κ2) is 5.40. The molecule has 0 aliphatic rings. The van der Waals surface area contributed by atoms with Gasteiger partial charge in [-0.25, -0.2) is 4.98 Å². The topological polar surface area (TPSA) is 55.0 Å². The third kappa shape index (κ3) is 2.40. The average molecular weight is 278 g/mol. The van der Waals surface area contributed by atoms with Crippen LogP contribution in [-0.2, 0) is 0 Å². The van der Waals surface area contributed by atoms with Crippen molar-refractivity contribution in [2.75, 3.05) is 17.2 Å². The zero-order valence-corrected chi connectivity index (χ0v) is 12.2. The number of aromatic nitrogens is 2. The highest BCUT2D eigenvalue weighted by molar-refractivity contribution is 5.92. The highest BCUT2D eigenvalue weighted by atomic mass is 15.2. The van der Waals surface area contributed by atoms with Crippen molar-refractivity contribution in [1.29, 1.82) is 0 Å². The van der Waals surface area contributed by atoms with Crippen molar-refractivity contribution in [1.82, 2.24) is 9.97 Å². The summed E-state index contributed by atoms with van der Waals surface area (Å²) in [6.07, 6.45) is 0. The Kier molecular flexibility index (Phi) is 3.44. The molecule has 4 heteroatoms. The van der Waals surface area contributed by atoms with Crippen molar-refractivity contribution < 1.29 is 0 Å². The van der Waals surface area contributed by atoms with Gasteiger partial charge < -0.3 is 10.6 Å². The van der Waals surface area contributed by atoms with E-state index in [2.05, 4.69) is 40.8 Å². The molecular formula is C17H18N4. The van der Waals surface area contributed by atoms with E-state index in [1.54, 1.807) is 0 Å². The predicted molar refractivity (Wildman–Crippen MR) is 87.8 cm³/mol. The maximum atomic E-state index is 5.88. The van der Waals surface area contributed by atoms with Crippen molar-refractivity contribution in [3.63, 3.8) is 0 Å². The summed E-state index contributed by atoms with van der Waals surface area (Å²) in [6, 6.07) is 16.2. The molecule has 2 aromatic carbocycles. The fourth-order valence-corrected chi connectivity index (χ4v) is 2.58. The molecule has 0 saturated heterocycles. The number of para-hydroxylation sites is 2. The third-order valence-electron chi connectivity index (χ3n) is 3.58. The number of nitrogens with zero attached hydrogens (tertiary/aromatic N) is 3. The number of anilines is 3. The molecule has 0 amide bonds. The normalized spacial score (nSPS) is 10.8. The van der Waals surface area contributed by atoms with Crippen LogP contribution in [0.15, 0.2) is 48.5 Å². The number of nitrogens with two attached hydrogens (primary N) is 1. The summed E-state index contributed by atoms with van der Waals surface area (Å²) in [4.78, 5) is 11.0. The van der Waals surface area contributed by atoms with E-state index in [1.165, 1.54) is 5.56 Å². The Morgan fingerprint density at radius 1 is 1.00 bits per heavy atom. The van der Waals surface area contributed by atoms with Crippen LogP contribution in [0.5, 0.6) is 0 Å². The lowest BCUT2D eigenvalue weighted by Gasteiger charge is -2.25. The van der Waals surface area contributed by atoms with E-state index in [0.29, 0.717) is 5.95 Å². The molecule has 0 unspecified atom stereocenters. The molecule has 0 spiro atoms. The molecule has 0 bridgehead atoms. The first-order chi connectivity index (χ1) is 10.2. The molecule has 3 aromatic rings. The Hall–Kier alpha value is -2.62. The van der Waals surface area contributed by atoms with Crippen molar-refractivity contribution in [2.24, 2.45) is 0 Å². The molecule has 4 nitrogen and oxygen atoms in total. The van der Waals surface area contributed by atoms with Crippen molar-refractivity contribution in [2.45, 2.75) is 13.8 Å². The zero-order chi connectivity index (χ0) is 14.8. The first-order valence-corrected chi connectivity index (χ1v) is 7.06. The van der Waals surface area contributed by atoms with Crippen LogP contribution in [-0.4, -0.2) is 16.5 Å². The van der Waals surface area contributed by atoms with E-state index in [0.717, 1.165) is 29.0 Å². The molecule has 106 valence electrons. The predicted octanol–water partition coefficient (Wildman–Crippen LogP) is 3.68. The SMILES string of the molecule is CCN(c1ccccc1C)c1nc(N)nc2ccccc12. The standard InChI is InChI=1S/C17H18N4/c1-3-21(15-11-7-4-8-12(15)2)16-13-9-5-6-10-14(13)19-17(18)20-16/h4-11H,3H2,1-2H3,(H2,18,19,20). The summed E-state index contributed by atoms with van der Waals surface area (Å²) in [5, 5.41) is 1.01. The quantitative estimate of drug-likeness (QED) is 0.794. The summed E-state index contributed by atoms with van der Waals surface area (Å²) >= 11 is 0. The van der Waals surface area contributed by atoms with Gasteiger partial charge >= 0.3 is 0 Å². The van der Waals surface area contributed by atoms with Gasteiger partial charge in [0.05, 0.1) is 5.52 Å². The van der Waals surface area contributed by atoms with Gasteiger partial charge in [0.25, 0.3) is 0 Å². The van der Waals surface area contributed by atoms with Gasteiger partial charge in [-0.2, -0.15) is 4.98 Å². The minimum atomic E-state index is 0.302. The number of hydrogen-bond donors (Lipinski definition) is 1. The van der Waals surface area contributed by atoms with Gasteiger partial charge in [0.1, 0.15) is 5.82 Å². The molecule has 0 saturated carbocycles. The van der Waals surface area contributed by atoms with Crippen molar-refractivity contribution >= 4 is 28.4 Å². The Morgan fingerprint density at radius 2 is 1.71 bits per heavy atom. The van der Waals surface area contributed by atoms with E-state index >= 15 is 0 Å². The Morgan fingerprint density at radius 3 is 2.48 bits per heavy atom. The molecule has 21 heavy (non-hydrogen) atoms. The molecule has 0 atom stereocenters. The summed E-state index contributed by atoms with van der Waals surface area (Å²) in [6.45, 7) is 5.02. The number of rotatable bonds is 3. The Bertz CT molecular complexity index is 783. The number of fused-ring (bicyclic) bond motifs is 1. The van der Waals surface area contributed by atoms with Gasteiger partial charge in [-0.1, -0.05) is 30.3 Å². The third-order valence-corrected chi connectivity index (χ3v) is 3.58. The molecule has 0 fully saturated rings. The highest BCUT2D eigenvalue weighted by Crippen LogP contribution is 2.31. The van der Waals surface area contributed by atoms with Crippen LogP contribution in [0.1, 0.15) is 12.5 Å². The van der Waals surface area contributed by atoms with Crippen LogP contribution in [0.25, 0.3) is 10.9 Å². The molecular weight excluding hydrogens is 260 g/mol. The monoisotopic (exact) mass is 278 g/mol. The smallest absolute Gasteiger partial charge is 0.222 e. The van der Waals surface area contributed by atoms with Crippen molar-refractivity contribution in [3.8, 4) is 0 Å². The molecule has 1 aromatic heterocycles. The van der Waals surface area contributed by atoms with Crippen LogP contribution in [0.3, 0.4) is 0 Å². The zero-order valence-electron chi connectivity index (χ0n) is 12.2. The first-order valence-electron chi connectivity index (χ1n) is 7.06. The number of hydrogen-bond acceptors (Lipinski definition) is 4. The second-order valence-corrected chi connectivity index (χ2v) is 4.95. The van der Waals surface area contributed by atoms with E-state index in [4.69, 9.17) is 5.73 Å². The van der Waals surface area contributed by atoms with Crippen LogP contribution >= 0.6 is 0 Å². The number of nitrogen functional groups attached to an aromatic ring is 1. The van der Waals surface area contributed by atoms with Crippen LogP contribution < -0.4 is 10.6 Å². The lowest BCUT2D eigenvalue weighted by molar-refractivity contribution is 0.986. The number of benzene rings is 2. The Balaban J connectivity index is 2.24. The van der Waals surface area contributed by atoms with Gasteiger partial charge in [-0.05, 0) is 37.6 Å². The van der Waals surface area contributed by atoms with Gasteiger partial charge in [0.2, 0.25) is 5.95 Å². The van der Waals surface area contributed by atoms with Gasteiger partial charge in [-0.3, -0.25) is 0 Å². The minimum absolute atomic E-state index is 0.302. The first kappa shape index (κ1) is 13.4. The van der Waals surface area contributed by atoms with Gasteiger partial charge in [0, 0.05) is 17.6 Å². The largest absolute Gasteiger partial charge is 0.368 e. The summed E-state index contributed by atoms with van der Waals surface area (Å²) in [7, 11) is 0. The summed E-state index contributed by atoms with van der Waals surface area (Å²) in [5.41, 5.74) is 9.10. The van der Waals surface area contributed by atoms with E-state index in [9.17, 15) is 0 Å². The van der Waals surface area contributed by atoms with Crippen LogP contribution in [0, 0.1) is 6.92 Å². The molecule has 1 heterocycles. The van der Waals surface area contributed by atoms with Crippen molar-refractivity contribution in [3.05, 3.63) is 54.1 Å². The second-order valence-electron chi connectivity index (χ2n) is 4.95. The Labute approximate surface area is 124 Å². The molecule has 0 aliphatic heterocycles. The van der Waals surface area contributed by atoms with E-state index in [1.807, 2.05) is 36.4 Å². The summed E-state index contributed by atoms with van der Waals surface area (Å²) in [5.74, 6) is 1.16. The number of aryl methyl sites for hydroxylation is 1. The van der Waals surface area contributed by atoms with Crippen LogP contribution in [0.4, 0.5) is 17.5 Å². The summed E-state index contributed by atoms with van der Waals surface area (Å²) < 4.78 is 0. The fourth-order valence-electron chi connectivity index (χ4n) is 2.58. The van der Waals surface area contributed by atoms with E-state index in [-0.39, 0.29) is 0 Å². The van der Waals surface area contributed by atoms with E-state index < -0.39 is 0 Å². The average Bonchev–Trinajstić information content (AvgIpc) is 2.49. The lowest BCUT2D eigenvalue weighted by Crippen LogP contribution is -2.19. The molecule has 0 radical (unpaired) electrons. The van der Waals surface area contributed by atoms with Gasteiger partial charge in [-0.15, -0.1) is 0 Å². The molecule has 0 aliphatic carbocycles. The van der Waals surface area contributed by atoms with Gasteiger partial charge in [0.15, 0.2) is 0 Å². The fraction of sp³-hybridized carbons (Fsp3) is 0.176. The highest BCUT2D eigenvalue weighted by Gasteiger charge is 2.15. The molecule has 3 rings (SSSR count). The molecule has 2 N–H and O–H groups in total. The maximum absolute atomic E-state index is 5.88. The lowest BCUT2D eigenvalue weighted by atomic mass is 10.1. The minimum Gasteiger partial charge on any atom is -0.368 e.